The Balaban J connectivity index is 2.07. The van der Waals surface area contributed by atoms with Crippen molar-refractivity contribution in [3.63, 3.8) is 0 Å². The molecule has 0 aliphatic carbocycles. The summed E-state index contributed by atoms with van der Waals surface area (Å²) in [5.41, 5.74) is 12.3. The predicted molar refractivity (Wildman–Crippen MR) is 80.8 cm³/mol. The minimum atomic E-state index is 0.514. The Kier molecular flexibility index (Phi) is 3.03. The van der Waals surface area contributed by atoms with Gasteiger partial charge in [0.2, 0.25) is 0 Å². The van der Waals surface area contributed by atoms with Crippen molar-refractivity contribution in [2.45, 2.75) is 32.9 Å². The lowest BCUT2D eigenvalue weighted by Gasteiger charge is -2.27. The topological polar surface area (TPSA) is 29.3 Å². The molecule has 1 unspecified atom stereocenters. The van der Waals surface area contributed by atoms with Crippen LogP contribution in [0.2, 0.25) is 0 Å². The van der Waals surface area contributed by atoms with Crippen molar-refractivity contribution in [1.29, 1.82) is 0 Å². The van der Waals surface area contributed by atoms with E-state index < -0.39 is 0 Å². The highest BCUT2D eigenvalue weighted by Gasteiger charge is 2.27. The third kappa shape index (κ3) is 2.02. The summed E-state index contributed by atoms with van der Waals surface area (Å²) in [6, 6.07) is 15.7. The summed E-state index contributed by atoms with van der Waals surface area (Å²) >= 11 is 0. The van der Waals surface area contributed by atoms with Gasteiger partial charge in [0.05, 0.1) is 0 Å². The second-order valence-corrected chi connectivity index (χ2v) is 5.38. The summed E-state index contributed by atoms with van der Waals surface area (Å²) < 4.78 is 0. The monoisotopic (exact) mass is 252 g/mol. The van der Waals surface area contributed by atoms with Crippen molar-refractivity contribution in [3.8, 4) is 0 Å². The molecule has 0 bridgehead atoms. The fraction of sp³-hybridized carbons (Fsp3) is 0.294. The quantitative estimate of drug-likeness (QED) is 0.886. The lowest BCUT2D eigenvalue weighted by molar-refractivity contribution is 0.757. The summed E-state index contributed by atoms with van der Waals surface area (Å²) in [6.45, 7) is 5.06. The first-order valence-corrected chi connectivity index (χ1v) is 6.87. The molecule has 0 spiro atoms. The normalized spacial score (nSPS) is 17.6. The van der Waals surface area contributed by atoms with E-state index >= 15 is 0 Å². The number of nitrogens with zero attached hydrogens (tertiary/aromatic N) is 1. The van der Waals surface area contributed by atoms with Crippen LogP contribution in [0.3, 0.4) is 0 Å². The summed E-state index contributed by atoms with van der Waals surface area (Å²) in [5.74, 6) is 0. The zero-order chi connectivity index (χ0) is 13.4. The Morgan fingerprint density at radius 3 is 2.68 bits per heavy atom. The highest BCUT2D eigenvalue weighted by atomic mass is 15.2. The minimum Gasteiger partial charge on any atom is -0.338 e. The molecule has 0 amide bonds. The summed E-state index contributed by atoms with van der Waals surface area (Å²) in [5, 5.41) is 0. The number of para-hydroxylation sites is 1. The van der Waals surface area contributed by atoms with Crippen LogP contribution in [0.1, 0.15) is 23.6 Å². The Morgan fingerprint density at radius 1 is 1.16 bits per heavy atom. The first-order valence-electron chi connectivity index (χ1n) is 6.87. The number of aryl methyl sites for hydroxylation is 1. The maximum absolute atomic E-state index is 5.71. The SMILES string of the molecule is Cc1cc(CN)ccc1N1c2ccccc2CC1C. The van der Waals surface area contributed by atoms with Gasteiger partial charge < -0.3 is 10.6 Å². The molecular weight excluding hydrogens is 232 g/mol. The molecule has 98 valence electrons. The maximum Gasteiger partial charge on any atom is 0.0446 e. The molecule has 2 nitrogen and oxygen atoms in total. The molecule has 0 saturated heterocycles. The number of fused-ring (bicyclic) bond motifs is 1. The number of hydrogen-bond donors (Lipinski definition) is 1. The van der Waals surface area contributed by atoms with Gasteiger partial charge in [0.15, 0.2) is 0 Å². The molecule has 0 saturated carbocycles. The van der Waals surface area contributed by atoms with Crippen LogP contribution in [-0.2, 0) is 13.0 Å². The van der Waals surface area contributed by atoms with E-state index in [-0.39, 0.29) is 0 Å². The average molecular weight is 252 g/mol. The third-order valence-electron chi connectivity index (χ3n) is 3.96. The fourth-order valence-electron chi connectivity index (χ4n) is 3.05. The van der Waals surface area contributed by atoms with Crippen molar-refractivity contribution < 1.29 is 0 Å². The van der Waals surface area contributed by atoms with Crippen LogP contribution in [0.4, 0.5) is 11.4 Å². The van der Waals surface area contributed by atoms with Gasteiger partial charge in [0.25, 0.3) is 0 Å². The zero-order valence-corrected chi connectivity index (χ0v) is 11.6. The average Bonchev–Trinajstić information content (AvgIpc) is 2.75. The Labute approximate surface area is 114 Å². The molecule has 2 aromatic rings. The molecular formula is C17H20N2. The van der Waals surface area contributed by atoms with E-state index in [1.807, 2.05) is 0 Å². The van der Waals surface area contributed by atoms with Gasteiger partial charge in [-0.05, 0) is 49.1 Å². The van der Waals surface area contributed by atoms with Crippen LogP contribution in [-0.4, -0.2) is 6.04 Å². The molecule has 0 aromatic heterocycles. The van der Waals surface area contributed by atoms with Crippen LogP contribution in [0.5, 0.6) is 0 Å². The zero-order valence-electron chi connectivity index (χ0n) is 11.6. The lowest BCUT2D eigenvalue weighted by Crippen LogP contribution is -2.24. The van der Waals surface area contributed by atoms with Gasteiger partial charge in [-0.15, -0.1) is 0 Å². The van der Waals surface area contributed by atoms with Crippen LogP contribution >= 0.6 is 0 Å². The van der Waals surface area contributed by atoms with Gasteiger partial charge in [-0.1, -0.05) is 30.3 Å². The first kappa shape index (κ1) is 12.2. The van der Waals surface area contributed by atoms with Gasteiger partial charge in [0.1, 0.15) is 0 Å². The van der Waals surface area contributed by atoms with Crippen LogP contribution in [0, 0.1) is 6.92 Å². The van der Waals surface area contributed by atoms with Gasteiger partial charge >= 0.3 is 0 Å². The smallest absolute Gasteiger partial charge is 0.0446 e. The van der Waals surface area contributed by atoms with E-state index in [0.29, 0.717) is 12.6 Å². The largest absolute Gasteiger partial charge is 0.338 e. The molecule has 0 fully saturated rings. The molecule has 2 heteroatoms. The number of benzene rings is 2. The molecule has 19 heavy (non-hydrogen) atoms. The molecule has 2 aromatic carbocycles. The van der Waals surface area contributed by atoms with Crippen molar-refractivity contribution >= 4 is 11.4 Å². The Morgan fingerprint density at radius 2 is 1.95 bits per heavy atom. The van der Waals surface area contributed by atoms with Crippen LogP contribution in [0.15, 0.2) is 42.5 Å². The fourth-order valence-corrected chi connectivity index (χ4v) is 3.05. The van der Waals surface area contributed by atoms with Gasteiger partial charge in [-0.25, -0.2) is 0 Å². The van der Waals surface area contributed by atoms with E-state index in [4.69, 9.17) is 5.73 Å². The maximum atomic E-state index is 5.71. The third-order valence-corrected chi connectivity index (χ3v) is 3.96. The predicted octanol–water partition coefficient (Wildman–Crippen LogP) is 3.54. The molecule has 1 aliphatic rings. The minimum absolute atomic E-state index is 0.514. The van der Waals surface area contributed by atoms with Gasteiger partial charge in [-0.2, -0.15) is 0 Å². The van der Waals surface area contributed by atoms with Crippen molar-refractivity contribution in [2.75, 3.05) is 4.90 Å². The van der Waals surface area contributed by atoms with Crippen molar-refractivity contribution in [2.24, 2.45) is 5.73 Å². The van der Waals surface area contributed by atoms with E-state index in [2.05, 4.69) is 61.2 Å². The summed E-state index contributed by atoms with van der Waals surface area (Å²) in [4.78, 5) is 2.45. The van der Waals surface area contributed by atoms with Gasteiger partial charge in [-0.3, -0.25) is 0 Å². The Hall–Kier alpha value is -1.80. The Bertz CT molecular complexity index is 604. The van der Waals surface area contributed by atoms with E-state index in [9.17, 15) is 0 Å². The summed E-state index contributed by atoms with van der Waals surface area (Å²) in [6.07, 6.45) is 1.12. The van der Waals surface area contributed by atoms with E-state index in [1.54, 1.807) is 0 Å². The number of anilines is 2. The molecule has 0 radical (unpaired) electrons. The molecule has 2 N–H and O–H groups in total. The van der Waals surface area contributed by atoms with Crippen LogP contribution < -0.4 is 10.6 Å². The summed E-state index contributed by atoms with van der Waals surface area (Å²) in [7, 11) is 0. The highest BCUT2D eigenvalue weighted by Crippen LogP contribution is 2.39. The second kappa shape index (κ2) is 4.71. The standard InChI is InChI=1S/C17H20N2/c1-12-9-14(11-18)7-8-16(12)19-13(2)10-15-5-3-4-6-17(15)19/h3-9,13H,10-11,18H2,1-2H3. The highest BCUT2D eigenvalue weighted by molar-refractivity contribution is 5.73. The van der Waals surface area contributed by atoms with E-state index in [0.717, 1.165) is 6.42 Å². The first-order chi connectivity index (χ1) is 9.20. The number of nitrogens with two attached hydrogens (primary N) is 1. The van der Waals surface area contributed by atoms with Gasteiger partial charge in [0, 0.05) is 24.0 Å². The number of hydrogen-bond acceptors (Lipinski definition) is 2. The molecule has 1 aliphatic heterocycles. The van der Waals surface area contributed by atoms with Crippen molar-refractivity contribution in [1.82, 2.24) is 0 Å². The molecule has 1 atom stereocenters. The van der Waals surface area contributed by atoms with Crippen molar-refractivity contribution in [3.05, 3.63) is 59.2 Å². The lowest BCUT2D eigenvalue weighted by atomic mass is 10.1. The molecule has 1 heterocycles. The van der Waals surface area contributed by atoms with Crippen LogP contribution in [0.25, 0.3) is 0 Å². The van der Waals surface area contributed by atoms with E-state index in [1.165, 1.54) is 28.1 Å². The molecule has 3 rings (SSSR count). The second-order valence-electron chi connectivity index (χ2n) is 5.38. The number of rotatable bonds is 2.